The summed E-state index contributed by atoms with van der Waals surface area (Å²) in [4.78, 5) is 16.2. The van der Waals surface area contributed by atoms with Crippen LogP contribution in [-0.4, -0.2) is 66.7 Å². The zero-order valence-corrected chi connectivity index (χ0v) is 18.9. The van der Waals surface area contributed by atoms with Crippen LogP contribution in [0.25, 0.3) is 0 Å². The molecule has 0 bridgehead atoms. The highest BCUT2D eigenvalue weighted by molar-refractivity contribution is 7.89. The van der Waals surface area contributed by atoms with Gasteiger partial charge in [-0.25, -0.2) is 13.1 Å². The smallest absolute Gasteiger partial charge is 0.240 e. The van der Waals surface area contributed by atoms with Gasteiger partial charge in [0, 0.05) is 56.3 Å². The molecule has 2 aliphatic rings. The van der Waals surface area contributed by atoms with Crippen molar-refractivity contribution in [3.05, 3.63) is 23.8 Å². The van der Waals surface area contributed by atoms with Crippen LogP contribution in [0.4, 0.5) is 5.69 Å². The number of carbonyl (C=O) groups is 1. The first-order valence-corrected chi connectivity index (χ1v) is 11.6. The summed E-state index contributed by atoms with van der Waals surface area (Å²) in [5.74, 6) is 0.0429. The van der Waals surface area contributed by atoms with Crippen molar-refractivity contribution in [3.63, 3.8) is 0 Å². The van der Waals surface area contributed by atoms with E-state index in [1.54, 1.807) is 30.1 Å². The molecule has 1 aromatic carbocycles. The van der Waals surface area contributed by atoms with Crippen LogP contribution in [0.1, 0.15) is 38.7 Å². The molecule has 1 amide bonds. The highest BCUT2D eigenvalue weighted by atomic mass is 32.2. The van der Waals surface area contributed by atoms with Gasteiger partial charge in [-0.3, -0.25) is 4.79 Å². The van der Waals surface area contributed by atoms with E-state index in [4.69, 9.17) is 4.74 Å². The molecule has 0 radical (unpaired) electrons. The van der Waals surface area contributed by atoms with E-state index in [-0.39, 0.29) is 16.2 Å². The summed E-state index contributed by atoms with van der Waals surface area (Å²) in [6.07, 6.45) is 2.02. The largest absolute Gasteiger partial charge is 0.381 e. The molecule has 0 saturated carbocycles. The quantitative estimate of drug-likeness (QED) is 0.757. The summed E-state index contributed by atoms with van der Waals surface area (Å²) < 4.78 is 34.6. The van der Waals surface area contributed by atoms with Gasteiger partial charge < -0.3 is 14.5 Å². The summed E-state index contributed by atoms with van der Waals surface area (Å²) >= 11 is 0. The minimum atomic E-state index is -3.66. The molecule has 2 heterocycles. The number of sulfonamides is 1. The van der Waals surface area contributed by atoms with E-state index in [1.807, 2.05) is 27.9 Å². The molecule has 29 heavy (non-hydrogen) atoms. The van der Waals surface area contributed by atoms with Gasteiger partial charge in [-0.1, -0.05) is 13.8 Å². The van der Waals surface area contributed by atoms with Gasteiger partial charge in [0.05, 0.1) is 4.90 Å². The summed E-state index contributed by atoms with van der Waals surface area (Å²) in [5, 5.41) is 0. The summed E-state index contributed by atoms with van der Waals surface area (Å²) in [7, 11) is 2.09. The highest BCUT2D eigenvalue weighted by Gasteiger charge is 2.37. The Hall–Kier alpha value is -1.48. The minimum absolute atomic E-state index is 0.0429. The van der Waals surface area contributed by atoms with Gasteiger partial charge >= 0.3 is 0 Å². The standard InChI is InChI=1S/C21H33N3O4S/c1-20(2)13-19(25)24(5)18-7-6-16(12-17(18)20)29(26,27)22-14-21(15-23(3)4)8-10-28-11-9-21/h6-7,12,22H,8-11,13-15H2,1-5H3. The number of anilines is 1. The molecule has 2 aliphatic heterocycles. The van der Waals surface area contributed by atoms with Crippen molar-refractivity contribution in [2.45, 2.75) is 43.4 Å². The Kier molecular flexibility index (Phi) is 6.11. The second-order valence-electron chi connectivity index (χ2n) is 9.37. The molecule has 0 atom stereocenters. The topological polar surface area (TPSA) is 79.0 Å². The lowest BCUT2D eigenvalue weighted by atomic mass is 9.77. The van der Waals surface area contributed by atoms with Gasteiger partial charge in [-0.15, -0.1) is 0 Å². The van der Waals surface area contributed by atoms with Gasteiger partial charge in [0.2, 0.25) is 15.9 Å². The summed E-state index contributed by atoms with van der Waals surface area (Å²) in [5.41, 5.74) is 1.13. The van der Waals surface area contributed by atoms with E-state index in [0.29, 0.717) is 26.2 Å². The second-order valence-corrected chi connectivity index (χ2v) is 11.1. The Balaban J connectivity index is 1.85. The molecule has 0 unspecified atom stereocenters. The number of hydrogen-bond acceptors (Lipinski definition) is 5. The van der Waals surface area contributed by atoms with Gasteiger partial charge in [-0.2, -0.15) is 0 Å². The van der Waals surface area contributed by atoms with Crippen molar-refractivity contribution in [2.24, 2.45) is 5.41 Å². The Labute approximate surface area is 174 Å². The molecule has 1 fully saturated rings. The van der Waals surface area contributed by atoms with E-state index in [2.05, 4.69) is 9.62 Å². The third-order valence-electron chi connectivity index (χ3n) is 6.18. The maximum atomic E-state index is 13.1. The van der Waals surface area contributed by atoms with Crippen LogP contribution in [0.2, 0.25) is 0 Å². The Morgan fingerprint density at radius 2 is 1.86 bits per heavy atom. The van der Waals surface area contributed by atoms with Crippen LogP contribution >= 0.6 is 0 Å². The molecule has 8 heteroatoms. The Morgan fingerprint density at radius 3 is 2.48 bits per heavy atom. The van der Waals surface area contributed by atoms with E-state index in [1.165, 1.54) is 0 Å². The van der Waals surface area contributed by atoms with E-state index in [9.17, 15) is 13.2 Å². The lowest BCUT2D eigenvalue weighted by Gasteiger charge is -2.39. The number of fused-ring (bicyclic) bond motifs is 1. The number of nitrogens with zero attached hydrogens (tertiary/aromatic N) is 2. The first-order valence-electron chi connectivity index (χ1n) is 10.1. The number of rotatable bonds is 6. The zero-order chi connectivity index (χ0) is 21.4. The number of ether oxygens (including phenoxy) is 1. The van der Waals surface area contributed by atoms with E-state index < -0.39 is 15.4 Å². The van der Waals surface area contributed by atoms with Gasteiger partial charge in [-0.05, 0) is 50.7 Å². The lowest BCUT2D eigenvalue weighted by Crippen LogP contribution is -2.47. The van der Waals surface area contributed by atoms with Crippen molar-refractivity contribution >= 4 is 21.6 Å². The molecule has 162 valence electrons. The summed E-state index contributed by atoms with van der Waals surface area (Å²) in [6.45, 7) is 6.47. The van der Waals surface area contributed by atoms with Crippen molar-refractivity contribution in [1.82, 2.24) is 9.62 Å². The van der Waals surface area contributed by atoms with Crippen LogP contribution < -0.4 is 9.62 Å². The van der Waals surface area contributed by atoms with Crippen molar-refractivity contribution in [3.8, 4) is 0 Å². The third kappa shape index (κ3) is 4.66. The maximum absolute atomic E-state index is 13.1. The molecular formula is C21H33N3O4S. The molecule has 7 nitrogen and oxygen atoms in total. The molecule has 1 saturated heterocycles. The SMILES string of the molecule is CN(C)CC1(CNS(=O)(=O)c2ccc3c(c2)C(C)(C)CC(=O)N3C)CCOCC1. The van der Waals surface area contributed by atoms with Crippen molar-refractivity contribution < 1.29 is 17.9 Å². The number of nitrogens with one attached hydrogen (secondary N) is 1. The van der Waals surface area contributed by atoms with Crippen LogP contribution in [0.15, 0.2) is 23.1 Å². The number of benzene rings is 1. The fourth-order valence-electron chi connectivity index (χ4n) is 4.44. The lowest BCUT2D eigenvalue weighted by molar-refractivity contribution is -0.119. The normalized spacial score (nSPS) is 21.3. The van der Waals surface area contributed by atoms with Crippen molar-refractivity contribution in [2.75, 3.05) is 52.3 Å². The predicted octanol–water partition coefficient (Wildman–Crippen LogP) is 1.97. The van der Waals surface area contributed by atoms with Gasteiger partial charge in [0.1, 0.15) is 0 Å². The molecule has 0 aliphatic carbocycles. The fraction of sp³-hybridized carbons (Fsp3) is 0.667. The molecule has 1 aromatic rings. The molecular weight excluding hydrogens is 390 g/mol. The second kappa shape index (κ2) is 7.98. The van der Waals surface area contributed by atoms with Crippen LogP contribution in [0.3, 0.4) is 0 Å². The van der Waals surface area contributed by atoms with Gasteiger partial charge in [0.15, 0.2) is 0 Å². The molecule has 1 N–H and O–H groups in total. The Bertz CT molecular complexity index is 874. The number of carbonyl (C=O) groups excluding carboxylic acids is 1. The number of amides is 1. The highest BCUT2D eigenvalue weighted by Crippen LogP contribution is 2.40. The average molecular weight is 424 g/mol. The maximum Gasteiger partial charge on any atom is 0.240 e. The van der Waals surface area contributed by atoms with Crippen molar-refractivity contribution in [1.29, 1.82) is 0 Å². The van der Waals surface area contributed by atoms with Crippen LogP contribution in [0.5, 0.6) is 0 Å². The zero-order valence-electron chi connectivity index (χ0n) is 18.1. The first-order chi connectivity index (χ1) is 13.5. The Morgan fingerprint density at radius 1 is 1.21 bits per heavy atom. The van der Waals surface area contributed by atoms with E-state index in [0.717, 1.165) is 30.6 Å². The minimum Gasteiger partial charge on any atom is -0.381 e. The average Bonchev–Trinajstić information content (AvgIpc) is 2.64. The third-order valence-corrected chi connectivity index (χ3v) is 7.58. The molecule has 3 rings (SSSR count). The van der Waals surface area contributed by atoms with Crippen LogP contribution in [0, 0.1) is 5.41 Å². The summed E-state index contributed by atoms with van der Waals surface area (Å²) in [6, 6.07) is 5.06. The monoisotopic (exact) mass is 423 g/mol. The predicted molar refractivity (Wildman–Crippen MR) is 114 cm³/mol. The fourth-order valence-corrected chi connectivity index (χ4v) is 5.62. The number of hydrogen-bond donors (Lipinski definition) is 1. The van der Waals surface area contributed by atoms with E-state index >= 15 is 0 Å². The van der Waals surface area contributed by atoms with Gasteiger partial charge in [0.25, 0.3) is 0 Å². The molecule has 0 aromatic heterocycles. The first kappa shape index (κ1) is 22.2. The molecule has 0 spiro atoms. The van der Waals surface area contributed by atoms with Crippen LogP contribution in [-0.2, 0) is 25.0 Å².